The summed E-state index contributed by atoms with van der Waals surface area (Å²) < 4.78 is 5.92. The molecule has 1 N–H and O–H groups in total. The van der Waals surface area contributed by atoms with Gasteiger partial charge >= 0.3 is 0 Å². The van der Waals surface area contributed by atoms with Crippen molar-refractivity contribution in [2.45, 2.75) is 32.6 Å². The Labute approximate surface area is 162 Å². The number of hydrogen-bond donors (Lipinski definition) is 1. The second-order valence-corrected chi connectivity index (χ2v) is 7.84. The van der Waals surface area contributed by atoms with E-state index >= 15 is 0 Å². The Morgan fingerprint density at radius 2 is 2.07 bits per heavy atom. The van der Waals surface area contributed by atoms with Crippen molar-refractivity contribution >= 4 is 16.9 Å². The molecule has 5 nitrogen and oxygen atoms in total. The van der Waals surface area contributed by atoms with E-state index in [0.717, 1.165) is 55.8 Å². The molecule has 4 rings (SSSR count). The number of benzene rings is 1. The van der Waals surface area contributed by atoms with Gasteiger partial charge in [-0.3, -0.25) is 4.99 Å². The van der Waals surface area contributed by atoms with Gasteiger partial charge in [0, 0.05) is 44.5 Å². The molecule has 2 fully saturated rings. The van der Waals surface area contributed by atoms with E-state index in [1.54, 1.807) is 0 Å². The van der Waals surface area contributed by atoms with Crippen LogP contribution in [0.1, 0.15) is 31.9 Å². The molecular weight excluding hydrogens is 336 g/mol. The summed E-state index contributed by atoms with van der Waals surface area (Å²) in [7, 11) is 0. The maximum absolute atomic E-state index is 5.92. The van der Waals surface area contributed by atoms with E-state index in [1.165, 1.54) is 44.3 Å². The minimum absolute atomic E-state index is 0.759. The molecular formula is C22H32N4O. The zero-order valence-electron chi connectivity index (χ0n) is 16.5. The number of hydrogen-bond acceptors (Lipinski definition) is 3. The van der Waals surface area contributed by atoms with Crippen LogP contribution in [-0.4, -0.2) is 61.6 Å². The molecule has 2 aliphatic rings. The maximum atomic E-state index is 5.92. The van der Waals surface area contributed by atoms with Gasteiger partial charge in [0.05, 0.1) is 0 Å². The molecule has 5 heteroatoms. The van der Waals surface area contributed by atoms with Crippen LogP contribution in [0.3, 0.4) is 0 Å². The minimum atomic E-state index is 0.759. The van der Waals surface area contributed by atoms with Crippen LogP contribution in [0, 0.1) is 5.92 Å². The molecule has 146 valence electrons. The molecule has 1 atom stereocenters. The SMILES string of the molecule is CCNC(=NCCc1cc2ccccc2o1)N1CCC(CN2CCCC2)C1. The summed E-state index contributed by atoms with van der Waals surface area (Å²) in [5.74, 6) is 2.86. The molecule has 0 radical (unpaired) electrons. The molecule has 0 aliphatic carbocycles. The second kappa shape index (κ2) is 8.79. The van der Waals surface area contributed by atoms with E-state index in [0.29, 0.717) is 0 Å². The van der Waals surface area contributed by atoms with Gasteiger partial charge in [0.2, 0.25) is 0 Å². The van der Waals surface area contributed by atoms with Crippen molar-refractivity contribution < 1.29 is 4.42 Å². The Balaban J connectivity index is 1.32. The molecule has 2 aromatic rings. The number of likely N-dealkylation sites (tertiary alicyclic amines) is 2. The van der Waals surface area contributed by atoms with Crippen molar-refractivity contribution in [1.29, 1.82) is 0 Å². The first kappa shape index (κ1) is 18.4. The zero-order valence-corrected chi connectivity index (χ0v) is 16.5. The standard InChI is InChI=1S/C22H32N4O/c1-2-23-22(26-14-10-18(17-26)16-25-12-5-6-13-25)24-11-9-20-15-19-7-3-4-8-21(19)27-20/h3-4,7-8,15,18H,2,5-6,9-14,16-17H2,1H3,(H,23,24). The molecule has 0 saturated carbocycles. The minimum Gasteiger partial charge on any atom is -0.461 e. The number of nitrogens with one attached hydrogen (secondary N) is 1. The highest BCUT2D eigenvalue weighted by Crippen LogP contribution is 2.21. The quantitative estimate of drug-likeness (QED) is 0.627. The van der Waals surface area contributed by atoms with Gasteiger partial charge in [-0.1, -0.05) is 18.2 Å². The van der Waals surface area contributed by atoms with Crippen molar-refractivity contribution in [3.63, 3.8) is 0 Å². The lowest BCUT2D eigenvalue weighted by molar-refractivity contribution is 0.281. The predicted molar refractivity (Wildman–Crippen MR) is 111 cm³/mol. The molecule has 1 aromatic carbocycles. The molecule has 0 bridgehead atoms. The molecule has 27 heavy (non-hydrogen) atoms. The molecule has 3 heterocycles. The third-order valence-electron chi connectivity index (χ3n) is 5.73. The summed E-state index contributed by atoms with van der Waals surface area (Å²) in [5.41, 5.74) is 0.965. The number of rotatable bonds is 6. The molecule has 1 aromatic heterocycles. The third kappa shape index (κ3) is 4.64. The van der Waals surface area contributed by atoms with Crippen LogP contribution in [0.5, 0.6) is 0 Å². The maximum Gasteiger partial charge on any atom is 0.193 e. The van der Waals surface area contributed by atoms with Gasteiger partial charge in [-0.05, 0) is 57.3 Å². The lowest BCUT2D eigenvalue weighted by atomic mass is 10.1. The fraction of sp³-hybridized carbons (Fsp3) is 0.591. The number of furan rings is 1. The largest absolute Gasteiger partial charge is 0.461 e. The third-order valence-corrected chi connectivity index (χ3v) is 5.73. The number of guanidine groups is 1. The van der Waals surface area contributed by atoms with E-state index in [2.05, 4.69) is 40.2 Å². The summed E-state index contributed by atoms with van der Waals surface area (Å²) in [6.07, 6.45) is 4.88. The summed E-state index contributed by atoms with van der Waals surface area (Å²) in [6, 6.07) is 10.3. The summed E-state index contributed by atoms with van der Waals surface area (Å²) >= 11 is 0. The monoisotopic (exact) mass is 368 g/mol. The van der Waals surface area contributed by atoms with Crippen molar-refractivity contribution in [3.05, 3.63) is 36.1 Å². The number of aliphatic imine (C=N–C) groups is 1. The fourth-order valence-corrected chi connectivity index (χ4v) is 4.36. The van der Waals surface area contributed by atoms with Gasteiger partial charge in [-0.15, -0.1) is 0 Å². The fourth-order valence-electron chi connectivity index (χ4n) is 4.36. The summed E-state index contributed by atoms with van der Waals surface area (Å²) in [4.78, 5) is 9.97. The number of fused-ring (bicyclic) bond motifs is 1. The normalized spacial score (nSPS) is 21.4. The average molecular weight is 369 g/mol. The van der Waals surface area contributed by atoms with E-state index in [4.69, 9.17) is 9.41 Å². The van der Waals surface area contributed by atoms with Crippen LogP contribution in [0.2, 0.25) is 0 Å². The van der Waals surface area contributed by atoms with Crippen LogP contribution >= 0.6 is 0 Å². The predicted octanol–water partition coefficient (Wildman–Crippen LogP) is 3.36. The Hall–Kier alpha value is -2.01. The Morgan fingerprint density at radius 1 is 1.22 bits per heavy atom. The molecule has 0 spiro atoms. The second-order valence-electron chi connectivity index (χ2n) is 7.84. The van der Waals surface area contributed by atoms with Crippen molar-refractivity contribution in [2.75, 3.05) is 45.8 Å². The molecule has 2 saturated heterocycles. The smallest absolute Gasteiger partial charge is 0.193 e. The van der Waals surface area contributed by atoms with Gasteiger partial charge in [-0.25, -0.2) is 0 Å². The molecule has 2 aliphatic heterocycles. The first-order chi connectivity index (χ1) is 13.3. The van der Waals surface area contributed by atoms with Crippen molar-refractivity contribution in [1.82, 2.24) is 15.1 Å². The summed E-state index contributed by atoms with van der Waals surface area (Å²) in [5, 5.41) is 4.66. The highest BCUT2D eigenvalue weighted by atomic mass is 16.3. The zero-order chi connectivity index (χ0) is 18.5. The number of nitrogens with zero attached hydrogens (tertiary/aromatic N) is 3. The van der Waals surface area contributed by atoms with E-state index in [9.17, 15) is 0 Å². The summed E-state index contributed by atoms with van der Waals surface area (Å²) in [6.45, 7) is 9.92. The van der Waals surface area contributed by atoms with Crippen molar-refractivity contribution in [2.24, 2.45) is 10.9 Å². The van der Waals surface area contributed by atoms with E-state index in [-0.39, 0.29) is 0 Å². The Bertz CT molecular complexity index is 730. The van der Waals surface area contributed by atoms with Crippen LogP contribution in [0.25, 0.3) is 11.0 Å². The van der Waals surface area contributed by atoms with E-state index < -0.39 is 0 Å². The number of para-hydroxylation sites is 1. The Kier molecular flexibility index (Phi) is 5.97. The van der Waals surface area contributed by atoms with Crippen LogP contribution in [0.4, 0.5) is 0 Å². The van der Waals surface area contributed by atoms with Gasteiger partial charge in [-0.2, -0.15) is 0 Å². The molecule has 1 unspecified atom stereocenters. The van der Waals surface area contributed by atoms with Gasteiger partial charge in [0.25, 0.3) is 0 Å². The van der Waals surface area contributed by atoms with Crippen LogP contribution in [-0.2, 0) is 6.42 Å². The highest BCUT2D eigenvalue weighted by Gasteiger charge is 2.27. The van der Waals surface area contributed by atoms with Gasteiger partial charge in [0.15, 0.2) is 5.96 Å². The average Bonchev–Trinajstić information content (AvgIpc) is 3.42. The van der Waals surface area contributed by atoms with Crippen molar-refractivity contribution in [3.8, 4) is 0 Å². The van der Waals surface area contributed by atoms with Crippen LogP contribution in [0.15, 0.2) is 39.7 Å². The first-order valence-corrected chi connectivity index (χ1v) is 10.5. The Morgan fingerprint density at radius 3 is 2.89 bits per heavy atom. The van der Waals surface area contributed by atoms with Gasteiger partial charge < -0.3 is 19.5 Å². The highest BCUT2D eigenvalue weighted by molar-refractivity contribution is 5.80. The van der Waals surface area contributed by atoms with Crippen LogP contribution < -0.4 is 5.32 Å². The topological polar surface area (TPSA) is 44.0 Å². The van der Waals surface area contributed by atoms with Gasteiger partial charge in [0.1, 0.15) is 11.3 Å². The molecule has 0 amide bonds. The first-order valence-electron chi connectivity index (χ1n) is 10.5. The van der Waals surface area contributed by atoms with E-state index in [1.807, 2.05) is 12.1 Å². The lowest BCUT2D eigenvalue weighted by Gasteiger charge is -2.23. The lowest BCUT2D eigenvalue weighted by Crippen LogP contribution is -2.41.